The Morgan fingerprint density at radius 1 is 1.33 bits per heavy atom. The molecule has 0 amide bonds. The maximum atomic E-state index is 4.45. The molecule has 0 aliphatic carbocycles. The molecule has 0 atom stereocenters. The SMILES string of the molecule is c1ccc2c3n(nc2c1)CCN3. The number of aromatic nitrogens is 2. The van der Waals surface area contributed by atoms with Crippen molar-refractivity contribution < 1.29 is 0 Å². The molecule has 0 saturated carbocycles. The van der Waals surface area contributed by atoms with E-state index < -0.39 is 0 Å². The van der Waals surface area contributed by atoms with Crippen molar-refractivity contribution in [2.24, 2.45) is 0 Å². The zero-order valence-electron chi connectivity index (χ0n) is 6.62. The van der Waals surface area contributed by atoms with Crippen LogP contribution in [-0.2, 0) is 6.54 Å². The maximum Gasteiger partial charge on any atom is 0.132 e. The quantitative estimate of drug-likeness (QED) is 0.630. The Morgan fingerprint density at radius 2 is 2.25 bits per heavy atom. The second-order valence-electron chi connectivity index (χ2n) is 3.02. The van der Waals surface area contributed by atoms with Gasteiger partial charge in [-0.25, -0.2) is 4.68 Å². The van der Waals surface area contributed by atoms with Crippen LogP contribution in [0.3, 0.4) is 0 Å². The monoisotopic (exact) mass is 159 g/mol. The van der Waals surface area contributed by atoms with Gasteiger partial charge >= 0.3 is 0 Å². The molecule has 3 rings (SSSR count). The molecule has 60 valence electrons. The number of rotatable bonds is 0. The molecule has 2 aromatic rings. The van der Waals surface area contributed by atoms with Gasteiger partial charge in [0.25, 0.3) is 0 Å². The van der Waals surface area contributed by atoms with Gasteiger partial charge in [-0.15, -0.1) is 0 Å². The summed E-state index contributed by atoms with van der Waals surface area (Å²) in [7, 11) is 0. The Hall–Kier alpha value is -1.51. The first-order valence-corrected chi connectivity index (χ1v) is 4.14. The first-order valence-electron chi connectivity index (χ1n) is 4.14. The molecule has 1 N–H and O–H groups in total. The minimum absolute atomic E-state index is 0.990. The van der Waals surface area contributed by atoms with E-state index in [1.165, 1.54) is 11.2 Å². The predicted molar refractivity (Wildman–Crippen MR) is 48.2 cm³/mol. The largest absolute Gasteiger partial charge is 0.368 e. The Labute approximate surface area is 70.0 Å². The van der Waals surface area contributed by atoms with Crippen LogP contribution in [0.2, 0.25) is 0 Å². The van der Waals surface area contributed by atoms with Crippen molar-refractivity contribution in [1.29, 1.82) is 0 Å². The number of nitrogens with one attached hydrogen (secondary N) is 1. The molecule has 0 saturated heterocycles. The zero-order valence-corrected chi connectivity index (χ0v) is 6.62. The van der Waals surface area contributed by atoms with Crippen LogP contribution in [0.5, 0.6) is 0 Å². The summed E-state index contributed by atoms with van der Waals surface area (Å²) in [5.74, 6) is 1.17. The van der Waals surface area contributed by atoms with Gasteiger partial charge in [0.1, 0.15) is 5.82 Å². The van der Waals surface area contributed by atoms with Crippen LogP contribution in [0.15, 0.2) is 24.3 Å². The van der Waals surface area contributed by atoms with E-state index >= 15 is 0 Å². The molecule has 0 spiro atoms. The van der Waals surface area contributed by atoms with Gasteiger partial charge in [0, 0.05) is 11.9 Å². The molecule has 1 aromatic heterocycles. The van der Waals surface area contributed by atoms with Gasteiger partial charge in [-0.1, -0.05) is 12.1 Å². The molecule has 0 unspecified atom stereocenters. The van der Waals surface area contributed by atoms with Gasteiger partial charge in [-0.2, -0.15) is 5.10 Å². The third-order valence-corrected chi connectivity index (χ3v) is 2.26. The molecular formula is C9H9N3. The van der Waals surface area contributed by atoms with Crippen LogP contribution in [0.4, 0.5) is 5.82 Å². The van der Waals surface area contributed by atoms with Crippen LogP contribution in [0.25, 0.3) is 10.9 Å². The molecule has 1 aliphatic heterocycles. The second kappa shape index (κ2) is 2.00. The molecule has 0 fully saturated rings. The van der Waals surface area contributed by atoms with E-state index in [4.69, 9.17) is 0 Å². The lowest BCUT2D eigenvalue weighted by molar-refractivity contribution is 0.705. The summed E-state index contributed by atoms with van der Waals surface area (Å²) in [4.78, 5) is 0. The van der Waals surface area contributed by atoms with E-state index in [-0.39, 0.29) is 0 Å². The number of hydrogen-bond acceptors (Lipinski definition) is 2. The average molecular weight is 159 g/mol. The summed E-state index contributed by atoms with van der Waals surface area (Å²) < 4.78 is 2.03. The second-order valence-corrected chi connectivity index (χ2v) is 3.02. The number of hydrogen-bond donors (Lipinski definition) is 1. The van der Waals surface area contributed by atoms with Crippen LogP contribution >= 0.6 is 0 Å². The fourth-order valence-corrected chi connectivity index (χ4v) is 1.71. The van der Waals surface area contributed by atoms with Crippen molar-refractivity contribution in [2.45, 2.75) is 6.54 Å². The highest BCUT2D eigenvalue weighted by Crippen LogP contribution is 2.25. The summed E-state index contributed by atoms with van der Waals surface area (Å²) in [5.41, 5.74) is 1.08. The molecule has 3 heteroatoms. The molecule has 0 bridgehead atoms. The van der Waals surface area contributed by atoms with Crippen molar-refractivity contribution in [1.82, 2.24) is 9.78 Å². The van der Waals surface area contributed by atoms with E-state index in [0.717, 1.165) is 18.6 Å². The van der Waals surface area contributed by atoms with Crippen molar-refractivity contribution in [2.75, 3.05) is 11.9 Å². The predicted octanol–water partition coefficient (Wildman–Crippen LogP) is 1.46. The van der Waals surface area contributed by atoms with Gasteiger partial charge in [0.2, 0.25) is 0 Å². The lowest BCUT2D eigenvalue weighted by Gasteiger charge is -1.91. The topological polar surface area (TPSA) is 29.9 Å². The molecule has 1 aliphatic rings. The number of nitrogens with zero attached hydrogens (tertiary/aromatic N) is 2. The first-order chi connectivity index (χ1) is 5.95. The molecule has 12 heavy (non-hydrogen) atoms. The van der Waals surface area contributed by atoms with Gasteiger partial charge in [0.05, 0.1) is 12.1 Å². The Kier molecular flexibility index (Phi) is 1.01. The lowest BCUT2D eigenvalue weighted by atomic mass is 10.2. The number of anilines is 1. The zero-order chi connectivity index (χ0) is 7.97. The summed E-state index contributed by atoms with van der Waals surface area (Å²) in [6, 6.07) is 8.21. The minimum Gasteiger partial charge on any atom is -0.368 e. The third kappa shape index (κ3) is 0.630. The molecular weight excluding hydrogens is 150 g/mol. The van der Waals surface area contributed by atoms with Crippen LogP contribution < -0.4 is 5.32 Å². The fraction of sp³-hybridized carbons (Fsp3) is 0.222. The lowest BCUT2D eigenvalue weighted by Crippen LogP contribution is -1.95. The van der Waals surface area contributed by atoms with Crippen LogP contribution in [0.1, 0.15) is 0 Å². The van der Waals surface area contributed by atoms with Crippen LogP contribution in [-0.4, -0.2) is 16.3 Å². The average Bonchev–Trinajstić information content (AvgIpc) is 2.62. The van der Waals surface area contributed by atoms with E-state index in [1.807, 2.05) is 22.9 Å². The fourth-order valence-electron chi connectivity index (χ4n) is 1.71. The molecule has 1 aromatic carbocycles. The first kappa shape index (κ1) is 6.06. The third-order valence-electron chi connectivity index (χ3n) is 2.26. The van der Waals surface area contributed by atoms with Gasteiger partial charge in [-0.05, 0) is 12.1 Å². The summed E-state index contributed by atoms with van der Waals surface area (Å²) in [5, 5.41) is 9.00. The number of fused-ring (bicyclic) bond motifs is 3. The van der Waals surface area contributed by atoms with E-state index in [0.29, 0.717) is 0 Å². The highest BCUT2D eigenvalue weighted by molar-refractivity contribution is 5.90. The van der Waals surface area contributed by atoms with Gasteiger partial charge in [-0.3, -0.25) is 0 Å². The molecule has 0 radical (unpaired) electrons. The van der Waals surface area contributed by atoms with Gasteiger partial charge in [0.15, 0.2) is 0 Å². The summed E-state index contributed by atoms with van der Waals surface area (Å²) in [6.07, 6.45) is 0. The van der Waals surface area contributed by atoms with Crippen molar-refractivity contribution >= 4 is 16.7 Å². The van der Waals surface area contributed by atoms with Gasteiger partial charge < -0.3 is 5.32 Å². The smallest absolute Gasteiger partial charge is 0.132 e. The van der Waals surface area contributed by atoms with E-state index in [2.05, 4.69) is 16.5 Å². The van der Waals surface area contributed by atoms with Crippen molar-refractivity contribution in [3.8, 4) is 0 Å². The maximum absolute atomic E-state index is 4.45. The standard InChI is InChI=1S/C9H9N3/c1-2-4-8-7(3-1)9-10-5-6-12(9)11-8/h1-4,10H,5-6H2. The van der Waals surface area contributed by atoms with E-state index in [9.17, 15) is 0 Å². The van der Waals surface area contributed by atoms with Crippen LogP contribution in [0, 0.1) is 0 Å². The highest BCUT2D eigenvalue weighted by atomic mass is 15.4. The molecule has 3 nitrogen and oxygen atoms in total. The Bertz CT molecular complexity index is 430. The van der Waals surface area contributed by atoms with Crippen molar-refractivity contribution in [3.63, 3.8) is 0 Å². The normalized spacial score (nSPS) is 14.7. The summed E-state index contributed by atoms with van der Waals surface area (Å²) >= 11 is 0. The van der Waals surface area contributed by atoms with Crippen molar-refractivity contribution in [3.05, 3.63) is 24.3 Å². The highest BCUT2D eigenvalue weighted by Gasteiger charge is 2.14. The number of benzene rings is 1. The Balaban J connectivity index is 2.44. The summed E-state index contributed by atoms with van der Waals surface area (Å²) in [6.45, 7) is 2.00. The molecule has 2 heterocycles. The Morgan fingerprint density at radius 3 is 3.25 bits per heavy atom. The minimum atomic E-state index is 0.990. The van der Waals surface area contributed by atoms with E-state index in [1.54, 1.807) is 0 Å².